The fourth-order valence-corrected chi connectivity index (χ4v) is 2.57. The third-order valence-electron chi connectivity index (χ3n) is 3.82. The number of aryl methyl sites for hydroxylation is 1. The summed E-state index contributed by atoms with van der Waals surface area (Å²) in [6, 6.07) is 0. The Balaban J connectivity index is 1.91. The van der Waals surface area contributed by atoms with Crippen LogP contribution in [0.3, 0.4) is 0 Å². The van der Waals surface area contributed by atoms with Gasteiger partial charge in [0.15, 0.2) is 0 Å². The van der Waals surface area contributed by atoms with Gasteiger partial charge in [0.1, 0.15) is 12.6 Å². The van der Waals surface area contributed by atoms with Crippen LogP contribution >= 0.6 is 0 Å². The minimum Gasteiger partial charge on any atom is -0.461 e. The molecule has 2 rings (SSSR count). The maximum Gasteiger partial charge on any atom is 0.328 e. The summed E-state index contributed by atoms with van der Waals surface area (Å²) in [7, 11) is 0. The van der Waals surface area contributed by atoms with E-state index in [0.29, 0.717) is 5.69 Å². The van der Waals surface area contributed by atoms with Crippen LogP contribution in [-0.2, 0) is 16.1 Å². The zero-order valence-electron chi connectivity index (χ0n) is 11.8. The SMILES string of the molecule is Cc1nn(CC(=O)OC2CCCCCC2)c(C)c1N. The Morgan fingerprint density at radius 2 is 1.95 bits per heavy atom. The molecule has 1 aromatic rings. The molecule has 0 atom stereocenters. The minimum atomic E-state index is -0.211. The van der Waals surface area contributed by atoms with Crippen molar-refractivity contribution in [2.75, 3.05) is 5.73 Å². The first kappa shape index (κ1) is 13.9. The standard InChI is InChI=1S/C14H23N3O2/c1-10-14(15)11(2)17(16-10)9-13(18)19-12-7-5-3-4-6-8-12/h12H,3-9,15H2,1-2H3. The Morgan fingerprint density at radius 1 is 1.32 bits per heavy atom. The second-order valence-corrected chi connectivity index (χ2v) is 5.35. The number of anilines is 1. The summed E-state index contributed by atoms with van der Waals surface area (Å²) in [5, 5.41) is 4.25. The van der Waals surface area contributed by atoms with E-state index >= 15 is 0 Å². The fourth-order valence-electron chi connectivity index (χ4n) is 2.57. The number of ether oxygens (including phenoxy) is 1. The van der Waals surface area contributed by atoms with E-state index in [9.17, 15) is 4.79 Å². The van der Waals surface area contributed by atoms with Crippen LogP contribution in [0, 0.1) is 13.8 Å². The Bertz CT molecular complexity index is 446. The highest BCUT2D eigenvalue weighted by molar-refractivity contribution is 5.69. The van der Waals surface area contributed by atoms with Crippen LogP contribution in [0.5, 0.6) is 0 Å². The maximum atomic E-state index is 11.9. The van der Waals surface area contributed by atoms with Crippen molar-refractivity contribution in [1.29, 1.82) is 0 Å². The molecule has 1 aromatic heterocycles. The molecule has 1 aliphatic rings. The topological polar surface area (TPSA) is 70.1 Å². The summed E-state index contributed by atoms with van der Waals surface area (Å²) >= 11 is 0. The van der Waals surface area contributed by atoms with Crippen LogP contribution in [-0.4, -0.2) is 21.9 Å². The summed E-state index contributed by atoms with van der Waals surface area (Å²) in [4.78, 5) is 11.9. The van der Waals surface area contributed by atoms with Gasteiger partial charge >= 0.3 is 5.97 Å². The molecule has 2 N–H and O–H groups in total. The molecule has 1 fully saturated rings. The van der Waals surface area contributed by atoms with E-state index < -0.39 is 0 Å². The van der Waals surface area contributed by atoms with Gasteiger partial charge in [-0.05, 0) is 39.5 Å². The second kappa shape index (κ2) is 6.08. The van der Waals surface area contributed by atoms with Crippen molar-refractivity contribution in [3.05, 3.63) is 11.4 Å². The molecule has 0 aromatic carbocycles. The van der Waals surface area contributed by atoms with E-state index in [1.54, 1.807) is 4.68 Å². The van der Waals surface area contributed by atoms with Crippen molar-refractivity contribution in [1.82, 2.24) is 9.78 Å². The van der Waals surface area contributed by atoms with Crippen molar-refractivity contribution in [3.63, 3.8) is 0 Å². The Labute approximate surface area is 114 Å². The van der Waals surface area contributed by atoms with Gasteiger partial charge in [0.25, 0.3) is 0 Å². The van der Waals surface area contributed by atoms with Gasteiger partial charge in [-0.3, -0.25) is 9.48 Å². The molecular formula is C14H23N3O2. The number of nitrogen functional groups attached to an aromatic ring is 1. The smallest absolute Gasteiger partial charge is 0.328 e. The number of esters is 1. The monoisotopic (exact) mass is 265 g/mol. The summed E-state index contributed by atoms with van der Waals surface area (Å²) < 4.78 is 7.17. The highest BCUT2D eigenvalue weighted by atomic mass is 16.5. The zero-order chi connectivity index (χ0) is 13.8. The lowest BCUT2D eigenvalue weighted by Crippen LogP contribution is -2.22. The van der Waals surface area contributed by atoms with Crippen LogP contribution in [0.1, 0.15) is 49.9 Å². The third-order valence-corrected chi connectivity index (χ3v) is 3.82. The van der Waals surface area contributed by atoms with Crippen molar-refractivity contribution in [2.45, 2.75) is 65.0 Å². The van der Waals surface area contributed by atoms with Gasteiger partial charge in [-0.15, -0.1) is 0 Å². The molecule has 0 amide bonds. The van der Waals surface area contributed by atoms with E-state index in [1.807, 2.05) is 13.8 Å². The largest absolute Gasteiger partial charge is 0.461 e. The lowest BCUT2D eigenvalue weighted by molar-refractivity contribution is -0.150. The molecule has 1 saturated carbocycles. The van der Waals surface area contributed by atoms with Gasteiger partial charge in [-0.1, -0.05) is 12.8 Å². The Hall–Kier alpha value is -1.52. The van der Waals surface area contributed by atoms with Gasteiger partial charge in [-0.2, -0.15) is 5.10 Å². The van der Waals surface area contributed by atoms with Crippen molar-refractivity contribution >= 4 is 11.7 Å². The van der Waals surface area contributed by atoms with Gasteiger partial charge < -0.3 is 10.5 Å². The number of nitrogens with zero attached hydrogens (tertiary/aromatic N) is 2. The molecule has 0 aliphatic heterocycles. The van der Waals surface area contributed by atoms with Gasteiger partial charge in [0, 0.05) is 0 Å². The van der Waals surface area contributed by atoms with Crippen LogP contribution < -0.4 is 5.73 Å². The van der Waals surface area contributed by atoms with E-state index in [0.717, 1.165) is 37.1 Å². The maximum absolute atomic E-state index is 11.9. The molecule has 0 spiro atoms. The summed E-state index contributed by atoms with van der Waals surface area (Å²) in [5.74, 6) is -0.211. The van der Waals surface area contributed by atoms with E-state index in [1.165, 1.54) is 12.8 Å². The predicted molar refractivity (Wildman–Crippen MR) is 73.7 cm³/mol. The number of rotatable bonds is 3. The quantitative estimate of drug-likeness (QED) is 0.672. The van der Waals surface area contributed by atoms with Crippen LogP contribution in [0.4, 0.5) is 5.69 Å². The molecule has 0 radical (unpaired) electrons. The average Bonchev–Trinajstić information content (AvgIpc) is 2.61. The first-order chi connectivity index (χ1) is 9.08. The summed E-state index contributed by atoms with van der Waals surface area (Å²) in [6.07, 6.45) is 6.89. The molecule has 1 heterocycles. The predicted octanol–water partition coefficient (Wildman–Crippen LogP) is 2.35. The molecule has 0 unspecified atom stereocenters. The number of aromatic nitrogens is 2. The van der Waals surface area contributed by atoms with Crippen LogP contribution in [0.2, 0.25) is 0 Å². The van der Waals surface area contributed by atoms with Gasteiger partial charge in [0.2, 0.25) is 0 Å². The van der Waals surface area contributed by atoms with Crippen molar-refractivity contribution in [3.8, 4) is 0 Å². The van der Waals surface area contributed by atoms with Crippen molar-refractivity contribution in [2.24, 2.45) is 0 Å². The minimum absolute atomic E-state index is 0.0873. The molecule has 5 nitrogen and oxygen atoms in total. The highest BCUT2D eigenvalue weighted by Gasteiger charge is 2.18. The van der Waals surface area contributed by atoms with E-state index in [4.69, 9.17) is 10.5 Å². The number of carbonyl (C=O) groups is 1. The number of hydrogen-bond acceptors (Lipinski definition) is 4. The Morgan fingerprint density at radius 3 is 2.47 bits per heavy atom. The van der Waals surface area contributed by atoms with Crippen LogP contribution in [0.25, 0.3) is 0 Å². The summed E-state index contributed by atoms with van der Waals surface area (Å²) in [5.41, 5.74) is 8.10. The molecule has 0 saturated heterocycles. The zero-order valence-corrected chi connectivity index (χ0v) is 11.8. The molecule has 1 aliphatic carbocycles. The van der Waals surface area contributed by atoms with Gasteiger partial charge in [-0.25, -0.2) is 0 Å². The molecule has 5 heteroatoms. The molecule has 0 bridgehead atoms. The fraction of sp³-hybridized carbons (Fsp3) is 0.714. The lowest BCUT2D eigenvalue weighted by atomic mass is 10.1. The van der Waals surface area contributed by atoms with Gasteiger partial charge in [0.05, 0.1) is 17.1 Å². The third kappa shape index (κ3) is 3.49. The molecular weight excluding hydrogens is 242 g/mol. The van der Waals surface area contributed by atoms with E-state index in [-0.39, 0.29) is 18.6 Å². The molecule has 106 valence electrons. The normalized spacial score (nSPS) is 17.2. The van der Waals surface area contributed by atoms with E-state index in [2.05, 4.69) is 5.10 Å². The first-order valence-corrected chi connectivity index (χ1v) is 7.07. The molecule has 19 heavy (non-hydrogen) atoms. The number of hydrogen-bond donors (Lipinski definition) is 1. The highest BCUT2D eigenvalue weighted by Crippen LogP contribution is 2.20. The Kier molecular flexibility index (Phi) is 4.45. The lowest BCUT2D eigenvalue weighted by Gasteiger charge is -2.15. The second-order valence-electron chi connectivity index (χ2n) is 5.35. The number of nitrogens with two attached hydrogens (primary N) is 1. The average molecular weight is 265 g/mol. The number of carbonyl (C=O) groups excluding carboxylic acids is 1. The van der Waals surface area contributed by atoms with Crippen LogP contribution in [0.15, 0.2) is 0 Å². The summed E-state index contributed by atoms with van der Waals surface area (Å²) in [6.45, 7) is 3.87. The van der Waals surface area contributed by atoms with Crippen molar-refractivity contribution < 1.29 is 9.53 Å². The first-order valence-electron chi connectivity index (χ1n) is 7.07.